The zero-order chi connectivity index (χ0) is 19.8. The standard InChI is InChI=1S/C11H10O2.C10H13NO2/c1-9(11(12)13)7-8-10-5-3-2-4-6-10;1-3-4-8-13-10(12)9(2)6-5-7-11/h2-8H,1H2,(H,12,13);5-6H,2-4,8H2,1H3. The molecule has 0 unspecified atom stereocenters. The van der Waals surface area contributed by atoms with E-state index in [1.165, 1.54) is 18.2 Å². The number of carbonyl (C=O) groups is 2. The van der Waals surface area contributed by atoms with Crippen molar-refractivity contribution in [2.45, 2.75) is 19.8 Å². The van der Waals surface area contributed by atoms with Crippen LogP contribution in [0.1, 0.15) is 25.3 Å². The van der Waals surface area contributed by atoms with Gasteiger partial charge in [-0.2, -0.15) is 5.26 Å². The molecule has 0 saturated heterocycles. The van der Waals surface area contributed by atoms with Crippen LogP contribution < -0.4 is 0 Å². The Bertz CT molecular complexity index is 709. The smallest absolute Gasteiger partial charge is 0.337 e. The molecule has 0 aliphatic rings. The Morgan fingerprint density at radius 3 is 2.38 bits per heavy atom. The lowest BCUT2D eigenvalue weighted by molar-refractivity contribution is -0.138. The van der Waals surface area contributed by atoms with Gasteiger partial charge >= 0.3 is 11.9 Å². The second kappa shape index (κ2) is 14.0. The van der Waals surface area contributed by atoms with Gasteiger partial charge in [0.05, 0.1) is 23.8 Å². The Kier molecular flexibility index (Phi) is 12.2. The number of nitrogens with zero attached hydrogens (tertiary/aromatic N) is 1. The Balaban J connectivity index is 0.000000481. The summed E-state index contributed by atoms with van der Waals surface area (Å²) < 4.78 is 4.84. The number of hydrogen-bond acceptors (Lipinski definition) is 4. The SMILES string of the molecule is C=C(C=CC#N)C(=O)OCCCC.C=C(C=Cc1ccccc1)C(=O)O. The molecule has 0 heterocycles. The largest absolute Gasteiger partial charge is 0.478 e. The number of esters is 1. The van der Waals surface area contributed by atoms with Crippen molar-refractivity contribution in [2.75, 3.05) is 6.61 Å². The van der Waals surface area contributed by atoms with E-state index >= 15 is 0 Å². The normalized spacial score (nSPS) is 9.85. The predicted molar refractivity (Wildman–Crippen MR) is 102 cm³/mol. The van der Waals surface area contributed by atoms with Crippen LogP contribution in [0.4, 0.5) is 0 Å². The van der Waals surface area contributed by atoms with Crippen molar-refractivity contribution in [3.63, 3.8) is 0 Å². The third kappa shape index (κ3) is 11.2. The van der Waals surface area contributed by atoms with Gasteiger partial charge in [0.25, 0.3) is 0 Å². The van der Waals surface area contributed by atoms with Gasteiger partial charge in [-0.1, -0.05) is 62.9 Å². The number of hydrogen-bond donors (Lipinski definition) is 1. The molecule has 1 N–H and O–H groups in total. The summed E-state index contributed by atoms with van der Waals surface area (Å²) in [6.07, 6.45) is 7.57. The Labute approximate surface area is 154 Å². The van der Waals surface area contributed by atoms with Crippen molar-refractivity contribution in [3.05, 3.63) is 78.4 Å². The summed E-state index contributed by atoms with van der Waals surface area (Å²) in [6.45, 7) is 9.26. The van der Waals surface area contributed by atoms with Crippen LogP contribution in [0.3, 0.4) is 0 Å². The topological polar surface area (TPSA) is 87.4 Å². The van der Waals surface area contributed by atoms with E-state index in [0.717, 1.165) is 18.4 Å². The summed E-state index contributed by atoms with van der Waals surface area (Å²) in [5, 5.41) is 16.7. The molecule has 0 spiro atoms. The minimum atomic E-state index is -0.993. The number of carboxylic acid groups (broad SMARTS) is 1. The first-order valence-corrected chi connectivity index (χ1v) is 7.99. The van der Waals surface area contributed by atoms with Crippen LogP contribution in [0.5, 0.6) is 0 Å². The van der Waals surface area contributed by atoms with Gasteiger partial charge in [-0.25, -0.2) is 9.59 Å². The minimum Gasteiger partial charge on any atom is -0.478 e. The first-order chi connectivity index (χ1) is 12.4. The number of nitriles is 1. The minimum absolute atomic E-state index is 0.0869. The maximum Gasteiger partial charge on any atom is 0.337 e. The van der Waals surface area contributed by atoms with E-state index in [9.17, 15) is 9.59 Å². The highest BCUT2D eigenvalue weighted by Crippen LogP contribution is 2.03. The van der Waals surface area contributed by atoms with E-state index in [0.29, 0.717) is 6.61 Å². The molecule has 1 aromatic rings. The van der Waals surface area contributed by atoms with Gasteiger partial charge in [0.15, 0.2) is 0 Å². The highest BCUT2D eigenvalue weighted by Gasteiger charge is 2.03. The van der Waals surface area contributed by atoms with Crippen molar-refractivity contribution in [2.24, 2.45) is 0 Å². The maximum atomic E-state index is 11.0. The van der Waals surface area contributed by atoms with Crippen molar-refractivity contribution in [3.8, 4) is 6.07 Å². The third-order valence-electron chi connectivity index (χ3n) is 2.90. The number of carbonyl (C=O) groups excluding carboxylic acids is 1. The average Bonchev–Trinajstić information content (AvgIpc) is 2.65. The number of aliphatic carboxylic acids is 1. The van der Waals surface area contributed by atoms with Gasteiger partial charge in [-0.3, -0.25) is 0 Å². The number of carboxylic acids is 1. The van der Waals surface area contributed by atoms with Gasteiger partial charge in [0.1, 0.15) is 0 Å². The first kappa shape index (κ1) is 22.6. The van der Waals surface area contributed by atoms with E-state index in [1.54, 1.807) is 12.1 Å². The fourth-order valence-corrected chi connectivity index (χ4v) is 1.44. The zero-order valence-electron chi connectivity index (χ0n) is 14.9. The number of benzene rings is 1. The zero-order valence-corrected chi connectivity index (χ0v) is 14.9. The Morgan fingerprint density at radius 2 is 1.85 bits per heavy atom. The highest BCUT2D eigenvalue weighted by molar-refractivity contribution is 5.91. The van der Waals surface area contributed by atoms with Crippen LogP contribution in [0.2, 0.25) is 0 Å². The Morgan fingerprint density at radius 1 is 1.19 bits per heavy atom. The lowest BCUT2D eigenvalue weighted by atomic mass is 10.2. The summed E-state index contributed by atoms with van der Waals surface area (Å²) >= 11 is 0. The van der Waals surface area contributed by atoms with Crippen LogP contribution in [-0.4, -0.2) is 23.7 Å². The number of unbranched alkanes of at least 4 members (excludes halogenated alkanes) is 1. The van der Waals surface area contributed by atoms with Gasteiger partial charge in [-0.05, 0) is 24.1 Å². The lowest BCUT2D eigenvalue weighted by Crippen LogP contribution is -2.06. The molecule has 26 heavy (non-hydrogen) atoms. The van der Waals surface area contributed by atoms with Crippen LogP contribution in [0.25, 0.3) is 6.08 Å². The van der Waals surface area contributed by atoms with Crippen molar-refractivity contribution < 1.29 is 19.4 Å². The molecule has 0 fully saturated rings. The summed E-state index contributed by atoms with van der Waals surface area (Å²) in [4.78, 5) is 21.4. The first-order valence-electron chi connectivity index (χ1n) is 7.99. The van der Waals surface area contributed by atoms with E-state index in [4.69, 9.17) is 15.1 Å². The molecule has 0 amide bonds. The molecule has 0 bridgehead atoms. The number of ether oxygens (including phenoxy) is 1. The molecule has 5 heteroatoms. The van der Waals surface area contributed by atoms with E-state index in [-0.39, 0.29) is 11.1 Å². The Hall–Kier alpha value is -3.39. The maximum absolute atomic E-state index is 11.0. The summed E-state index contributed by atoms with van der Waals surface area (Å²) in [6, 6.07) is 11.3. The molecule has 0 radical (unpaired) electrons. The molecule has 0 saturated carbocycles. The monoisotopic (exact) mass is 353 g/mol. The van der Waals surface area contributed by atoms with Gasteiger partial charge in [0, 0.05) is 6.08 Å². The second-order valence-electron chi connectivity index (χ2n) is 5.05. The highest BCUT2D eigenvalue weighted by atomic mass is 16.5. The fraction of sp³-hybridized carbons (Fsp3) is 0.190. The third-order valence-corrected chi connectivity index (χ3v) is 2.90. The molecule has 0 atom stereocenters. The second-order valence-corrected chi connectivity index (χ2v) is 5.05. The molecule has 1 aromatic carbocycles. The van der Waals surface area contributed by atoms with Crippen molar-refractivity contribution >= 4 is 18.0 Å². The molecule has 0 aromatic heterocycles. The molecule has 0 aliphatic heterocycles. The van der Waals surface area contributed by atoms with Crippen LogP contribution >= 0.6 is 0 Å². The summed E-state index contributed by atoms with van der Waals surface area (Å²) in [7, 11) is 0. The summed E-state index contributed by atoms with van der Waals surface area (Å²) in [5.74, 6) is -1.45. The van der Waals surface area contributed by atoms with Crippen molar-refractivity contribution in [1.29, 1.82) is 5.26 Å². The van der Waals surface area contributed by atoms with Crippen LogP contribution in [0.15, 0.2) is 72.9 Å². The molecular weight excluding hydrogens is 330 g/mol. The van der Waals surface area contributed by atoms with E-state index in [1.807, 2.05) is 37.3 Å². The molecule has 136 valence electrons. The number of rotatable bonds is 8. The predicted octanol–water partition coefficient (Wildman–Crippen LogP) is 4.31. The molecule has 5 nitrogen and oxygen atoms in total. The lowest BCUT2D eigenvalue weighted by Gasteiger charge is -2.01. The van der Waals surface area contributed by atoms with Gasteiger partial charge < -0.3 is 9.84 Å². The molecule has 0 aliphatic carbocycles. The van der Waals surface area contributed by atoms with E-state index in [2.05, 4.69) is 13.2 Å². The summed E-state index contributed by atoms with van der Waals surface area (Å²) in [5.41, 5.74) is 1.26. The molecular formula is C21H23NO4. The van der Waals surface area contributed by atoms with Crippen LogP contribution in [0, 0.1) is 11.3 Å². The average molecular weight is 353 g/mol. The van der Waals surface area contributed by atoms with Gasteiger partial charge in [-0.15, -0.1) is 0 Å². The molecule has 1 rings (SSSR count). The van der Waals surface area contributed by atoms with Crippen molar-refractivity contribution in [1.82, 2.24) is 0 Å². The fourth-order valence-electron chi connectivity index (χ4n) is 1.44. The van der Waals surface area contributed by atoms with E-state index < -0.39 is 11.9 Å². The van der Waals surface area contributed by atoms with Crippen LogP contribution in [-0.2, 0) is 14.3 Å². The van der Waals surface area contributed by atoms with Gasteiger partial charge in [0.2, 0.25) is 0 Å². The quantitative estimate of drug-likeness (QED) is 0.247. The number of allylic oxidation sites excluding steroid dienone is 1.